The van der Waals surface area contributed by atoms with Gasteiger partial charge in [-0.15, -0.1) is 0 Å². The Balaban J connectivity index is 1.58. The van der Waals surface area contributed by atoms with Crippen LogP contribution >= 0.6 is 0 Å². The van der Waals surface area contributed by atoms with Gasteiger partial charge in [-0.2, -0.15) is 0 Å². The Morgan fingerprint density at radius 1 is 1.17 bits per heavy atom. The van der Waals surface area contributed by atoms with E-state index in [2.05, 4.69) is 15.2 Å². The van der Waals surface area contributed by atoms with Gasteiger partial charge in [0.25, 0.3) is 5.91 Å². The van der Waals surface area contributed by atoms with Crippen LogP contribution in [0.25, 0.3) is 0 Å². The first-order valence-electron chi connectivity index (χ1n) is 7.45. The van der Waals surface area contributed by atoms with Crippen molar-refractivity contribution in [2.75, 3.05) is 36.4 Å². The Hall–Kier alpha value is -2.83. The Morgan fingerprint density at radius 3 is 2.52 bits per heavy atom. The second kappa shape index (κ2) is 6.51. The standard InChI is InChI=1S/C16H18N4O3/c1-12(21)18-15-5-4-13(11-17-15)19-6-8-20(9-7-19)16(22)14-3-2-10-23-14/h2-5,10-11H,6-9H2,1H3,(H,17,18,21). The minimum atomic E-state index is -0.143. The summed E-state index contributed by atoms with van der Waals surface area (Å²) < 4.78 is 5.16. The van der Waals surface area contributed by atoms with E-state index in [1.54, 1.807) is 29.3 Å². The van der Waals surface area contributed by atoms with E-state index in [4.69, 9.17) is 4.42 Å². The van der Waals surface area contributed by atoms with Gasteiger partial charge >= 0.3 is 0 Å². The third-order valence-corrected chi connectivity index (χ3v) is 3.72. The van der Waals surface area contributed by atoms with Crippen molar-refractivity contribution < 1.29 is 14.0 Å². The van der Waals surface area contributed by atoms with E-state index in [9.17, 15) is 9.59 Å². The number of amides is 2. The number of rotatable bonds is 3. The summed E-state index contributed by atoms with van der Waals surface area (Å²) >= 11 is 0. The van der Waals surface area contributed by atoms with Gasteiger partial charge in [-0.25, -0.2) is 4.98 Å². The van der Waals surface area contributed by atoms with Gasteiger partial charge in [-0.05, 0) is 24.3 Å². The highest BCUT2D eigenvalue weighted by molar-refractivity contribution is 5.91. The number of nitrogens with zero attached hydrogens (tertiary/aromatic N) is 3. The highest BCUT2D eigenvalue weighted by Crippen LogP contribution is 2.18. The van der Waals surface area contributed by atoms with Gasteiger partial charge in [0, 0.05) is 33.1 Å². The van der Waals surface area contributed by atoms with Gasteiger partial charge in [0.05, 0.1) is 18.1 Å². The topological polar surface area (TPSA) is 78.7 Å². The molecule has 0 bridgehead atoms. The fourth-order valence-corrected chi connectivity index (χ4v) is 2.55. The van der Waals surface area contributed by atoms with Crippen molar-refractivity contribution in [3.05, 3.63) is 42.5 Å². The lowest BCUT2D eigenvalue weighted by atomic mass is 10.2. The summed E-state index contributed by atoms with van der Waals surface area (Å²) in [4.78, 5) is 31.4. The maximum Gasteiger partial charge on any atom is 0.289 e. The molecule has 2 aromatic heterocycles. The van der Waals surface area contributed by atoms with Crippen LogP contribution in [-0.4, -0.2) is 47.9 Å². The maximum absolute atomic E-state index is 12.2. The van der Waals surface area contributed by atoms with E-state index in [1.165, 1.54) is 13.2 Å². The van der Waals surface area contributed by atoms with E-state index in [-0.39, 0.29) is 11.8 Å². The summed E-state index contributed by atoms with van der Waals surface area (Å²) in [5, 5.41) is 2.64. The zero-order valence-corrected chi connectivity index (χ0v) is 12.9. The zero-order valence-electron chi connectivity index (χ0n) is 12.9. The Bertz CT molecular complexity index is 674. The smallest absolute Gasteiger partial charge is 0.289 e. The summed E-state index contributed by atoms with van der Waals surface area (Å²) in [6.45, 7) is 4.17. The number of pyridine rings is 1. The normalized spacial score (nSPS) is 14.7. The number of hydrogen-bond donors (Lipinski definition) is 1. The van der Waals surface area contributed by atoms with Gasteiger partial charge in [-0.1, -0.05) is 0 Å². The fraction of sp³-hybridized carbons (Fsp3) is 0.312. The van der Waals surface area contributed by atoms with Gasteiger partial charge in [0.2, 0.25) is 5.91 Å². The Morgan fingerprint density at radius 2 is 1.96 bits per heavy atom. The van der Waals surface area contributed by atoms with E-state index in [0.29, 0.717) is 24.7 Å². The molecule has 0 spiro atoms. The van der Waals surface area contributed by atoms with E-state index >= 15 is 0 Å². The predicted octanol–water partition coefficient (Wildman–Crippen LogP) is 1.60. The van der Waals surface area contributed by atoms with E-state index < -0.39 is 0 Å². The Labute approximate surface area is 133 Å². The summed E-state index contributed by atoms with van der Waals surface area (Å²) in [5.74, 6) is 0.691. The van der Waals surface area contributed by atoms with Crippen molar-refractivity contribution in [3.8, 4) is 0 Å². The molecular weight excluding hydrogens is 296 g/mol. The third-order valence-electron chi connectivity index (χ3n) is 3.72. The first kappa shape index (κ1) is 15.1. The molecule has 1 N–H and O–H groups in total. The number of piperazine rings is 1. The van der Waals surface area contributed by atoms with Crippen LogP contribution in [0.2, 0.25) is 0 Å². The van der Waals surface area contributed by atoms with Crippen LogP contribution in [0.5, 0.6) is 0 Å². The highest BCUT2D eigenvalue weighted by atomic mass is 16.3. The number of hydrogen-bond acceptors (Lipinski definition) is 5. The quantitative estimate of drug-likeness (QED) is 0.931. The molecule has 0 unspecified atom stereocenters. The van der Waals surface area contributed by atoms with Crippen LogP contribution in [-0.2, 0) is 4.79 Å². The van der Waals surface area contributed by atoms with Crippen LogP contribution in [0.3, 0.4) is 0 Å². The SMILES string of the molecule is CC(=O)Nc1ccc(N2CCN(C(=O)c3ccco3)CC2)cn1. The van der Waals surface area contributed by atoms with Crippen molar-refractivity contribution in [2.24, 2.45) is 0 Å². The number of furan rings is 1. The number of aromatic nitrogens is 1. The van der Waals surface area contributed by atoms with Gasteiger partial charge in [-0.3, -0.25) is 9.59 Å². The first-order chi connectivity index (χ1) is 11.1. The molecule has 0 radical (unpaired) electrons. The van der Waals surface area contributed by atoms with Gasteiger partial charge < -0.3 is 19.5 Å². The monoisotopic (exact) mass is 314 g/mol. The minimum absolute atomic E-state index is 0.0752. The Kier molecular flexibility index (Phi) is 4.27. The molecule has 1 aliphatic rings. The van der Waals surface area contributed by atoms with Crippen molar-refractivity contribution in [2.45, 2.75) is 6.92 Å². The first-order valence-corrected chi connectivity index (χ1v) is 7.45. The molecule has 7 nitrogen and oxygen atoms in total. The summed E-state index contributed by atoms with van der Waals surface area (Å²) in [7, 11) is 0. The molecule has 3 heterocycles. The highest BCUT2D eigenvalue weighted by Gasteiger charge is 2.23. The van der Waals surface area contributed by atoms with Gasteiger partial charge in [0.15, 0.2) is 5.76 Å². The summed E-state index contributed by atoms with van der Waals surface area (Å²) in [6, 6.07) is 7.09. The number of nitrogens with one attached hydrogen (secondary N) is 1. The lowest BCUT2D eigenvalue weighted by Crippen LogP contribution is -2.48. The number of carbonyl (C=O) groups excluding carboxylic acids is 2. The molecule has 1 saturated heterocycles. The van der Waals surface area contributed by atoms with Crippen molar-refractivity contribution in [3.63, 3.8) is 0 Å². The zero-order chi connectivity index (χ0) is 16.2. The van der Waals surface area contributed by atoms with Crippen molar-refractivity contribution in [1.82, 2.24) is 9.88 Å². The molecule has 3 rings (SSSR count). The number of carbonyl (C=O) groups is 2. The van der Waals surface area contributed by atoms with Gasteiger partial charge in [0.1, 0.15) is 5.82 Å². The summed E-state index contributed by atoms with van der Waals surface area (Å²) in [5.41, 5.74) is 0.976. The molecule has 1 fully saturated rings. The lowest BCUT2D eigenvalue weighted by molar-refractivity contribution is -0.114. The second-order valence-corrected chi connectivity index (χ2v) is 5.34. The van der Waals surface area contributed by atoms with Crippen LogP contribution in [0.1, 0.15) is 17.5 Å². The average Bonchev–Trinajstić information content (AvgIpc) is 3.09. The maximum atomic E-state index is 12.2. The number of anilines is 2. The third kappa shape index (κ3) is 3.50. The predicted molar refractivity (Wildman–Crippen MR) is 85.4 cm³/mol. The molecular formula is C16H18N4O3. The molecule has 120 valence electrons. The molecule has 0 aliphatic carbocycles. The summed E-state index contributed by atoms with van der Waals surface area (Å²) in [6.07, 6.45) is 3.24. The lowest BCUT2D eigenvalue weighted by Gasteiger charge is -2.35. The molecule has 0 saturated carbocycles. The second-order valence-electron chi connectivity index (χ2n) is 5.34. The van der Waals surface area contributed by atoms with Crippen LogP contribution in [0, 0.1) is 0 Å². The molecule has 2 amide bonds. The van der Waals surface area contributed by atoms with Crippen molar-refractivity contribution >= 4 is 23.3 Å². The fourth-order valence-electron chi connectivity index (χ4n) is 2.55. The van der Waals surface area contributed by atoms with Crippen LogP contribution in [0.15, 0.2) is 41.1 Å². The molecule has 0 atom stereocenters. The van der Waals surface area contributed by atoms with Crippen LogP contribution < -0.4 is 10.2 Å². The van der Waals surface area contributed by atoms with E-state index in [0.717, 1.165) is 18.8 Å². The molecule has 23 heavy (non-hydrogen) atoms. The molecule has 2 aromatic rings. The molecule has 0 aromatic carbocycles. The van der Waals surface area contributed by atoms with Crippen molar-refractivity contribution in [1.29, 1.82) is 0 Å². The minimum Gasteiger partial charge on any atom is -0.459 e. The van der Waals surface area contributed by atoms with E-state index in [1.807, 2.05) is 6.07 Å². The average molecular weight is 314 g/mol. The molecule has 7 heteroatoms. The van der Waals surface area contributed by atoms with Crippen LogP contribution in [0.4, 0.5) is 11.5 Å². The molecule has 1 aliphatic heterocycles. The largest absolute Gasteiger partial charge is 0.459 e.